The summed E-state index contributed by atoms with van der Waals surface area (Å²) in [4.78, 5) is 29.9. The minimum absolute atomic E-state index is 0.0485. The molecule has 4 aliphatic heterocycles. The number of hydrogen-bond acceptors (Lipinski definition) is 9. The average Bonchev–Trinajstić information content (AvgIpc) is 3.57. The van der Waals surface area contributed by atoms with E-state index in [1.54, 1.807) is 6.33 Å². The van der Waals surface area contributed by atoms with Crippen molar-refractivity contribution in [3.05, 3.63) is 17.8 Å². The van der Waals surface area contributed by atoms with Gasteiger partial charge in [-0.2, -0.15) is 0 Å². The molecule has 0 aromatic carbocycles. The largest absolute Gasteiger partial charge is 0.444 e. The monoisotopic (exact) mass is 548 g/mol. The van der Waals surface area contributed by atoms with Crippen LogP contribution in [0.25, 0.3) is 11.2 Å². The second-order valence-electron chi connectivity index (χ2n) is 12.4. The van der Waals surface area contributed by atoms with Gasteiger partial charge in [0.2, 0.25) is 0 Å². The number of hydrogen-bond donors (Lipinski definition) is 0. The van der Waals surface area contributed by atoms with Crippen LogP contribution in [0.5, 0.6) is 0 Å². The summed E-state index contributed by atoms with van der Waals surface area (Å²) in [5, 5.41) is 0.306. The van der Waals surface area contributed by atoms with Crippen LogP contribution >= 0.6 is 11.6 Å². The Morgan fingerprint density at radius 3 is 2.58 bits per heavy atom. The predicted octanol–water partition coefficient (Wildman–Crippen LogP) is 3.76. The van der Waals surface area contributed by atoms with Crippen LogP contribution < -0.4 is 0 Å². The Morgan fingerprint density at radius 1 is 1.11 bits per heavy atom. The second-order valence-corrected chi connectivity index (χ2v) is 12.7. The van der Waals surface area contributed by atoms with Crippen molar-refractivity contribution in [2.45, 2.75) is 102 Å². The van der Waals surface area contributed by atoms with Crippen LogP contribution in [0.4, 0.5) is 4.79 Å². The molecule has 4 fully saturated rings. The van der Waals surface area contributed by atoms with E-state index >= 15 is 0 Å². The van der Waals surface area contributed by atoms with Crippen LogP contribution in [0.1, 0.15) is 66.5 Å². The molecule has 12 heteroatoms. The van der Waals surface area contributed by atoms with Crippen molar-refractivity contribution in [3.63, 3.8) is 0 Å². The number of halogens is 1. The molecule has 2 aromatic rings. The molecule has 4 atom stereocenters. The quantitative estimate of drug-likeness (QED) is 0.530. The van der Waals surface area contributed by atoms with Crippen LogP contribution in [0.3, 0.4) is 0 Å². The first kappa shape index (κ1) is 26.2. The number of amides is 1. The number of piperidine rings is 1. The summed E-state index contributed by atoms with van der Waals surface area (Å²) in [6, 6.07) is 0. The van der Waals surface area contributed by atoms with Crippen molar-refractivity contribution in [1.29, 1.82) is 0 Å². The molecule has 4 saturated heterocycles. The Balaban J connectivity index is 1.19. The van der Waals surface area contributed by atoms with Gasteiger partial charge in [-0.05, 0) is 66.8 Å². The van der Waals surface area contributed by atoms with E-state index < -0.39 is 17.6 Å². The maximum Gasteiger partial charge on any atom is 0.410 e. The second kappa shape index (κ2) is 9.26. The Labute approximate surface area is 227 Å². The van der Waals surface area contributed by atoms with Gasteiger partial charge in [0.05, 0.1) is 6.33 Å². The summed E-state index contributed by atoms with van der Waals surface area (Å²) in [7, 11) is 0. The van der Waals surface area contributed by atoms with Crippen molar-refractivity contribution in [2.24, 2.45) is 0 Å². The fraction of sp³-hybridized carbons (Fsp3) is 0.769. The topological polar surface area (TPSA) is 104 Å². The number of fused-ring (bicyclic) bond motifs is 2. The van der Waals surface area contributed by atoms with Gasteiger partial charge in [0, 0.05) is 25.2 Å². The molecule has 2 aromatic heterocycles. The van der Waals surface area contributed by atoms with E-state index in [1.807, 2.05) is 44.1 Å². The van der Waals surface area contributed by atoms with Gasteiger partial charge in [0.15, 0.2) is 22.8 Å². The summed E-state index contributed by atoms with van der Waals surface area (Å²) in [6.45, 7) is 12.7. The highest BCUT2D eigenvalue weighted by Gasteiger charge is 2.57. The summed E-state index contributed by atoms with van der Waals surface area (Å²) in [6.07, 6.45) is 5.78. The lowest BCUT2D eigenvalue weighted by atomic mass is 9.84. The first-order valence-corrected chi connectivity index (χ1v) is 13.9. The Kier molecular flexibility index (Phi) is 6.38. The van der Waals surface area contributed by atoms with Gasteiger partial charge in [0.1, 0.15) is 35.8 Å². The number of imidazole rings is 1. The molecular formula is C26H37ClN6O5. The number of ether oxygens (including phenoxy) is 4. The van der Waals surface area contributed by atoms with E-state index in [1.165, 1.54) is 6.33 Å². The van der Waals surface area contributed by atoms with Gasteiger partial charge in [-0.1, -0.05) is 11.6 Å². The summed E-state index contributed by atoms with van der Waals surface area (Å²) >= 11 is 6.26. The third-order valence-corrected chi connectivity index (χ3v) is 8.48. The predicted molar refractivity (Wildman–Crippen MR) is 139 cm³/mol. The minimum Gasteiger partial charge on any atom is -0.444 e. The Hall–Kier alpha value is -2.05. The fourth-order valence-electron chi connectivity index (χ4n) is 6.53. The van der Waals surface area contributed by atoms with Crippen molar-refractivity contribution in [2.75, 3.05) is 26.2 Å². The van der Waals surface area contributed by atoms with Crippen LogP contribution in [0.2, 0.25) is 5.15 Å². The van der Waals surface area contributed by atoms with Crippen molar-refractivity contribution < 1.29 is 23.7 Å². The van der Waals surface area contributed by atoms with Crippen LogP contribution in [-0.4, -0.2) is 96.8 Å². The van der Waals surface area contributed by atoms with E-state index in [2.05, 4.69) is 19.9 Å². The third kappa shape index (κ3) is 4.66. The molecule has 1 unspecified atom stereocenters. The highest BCUT2D eigenvalue weighted by molar-refractivity contribution is 6.33. The standard InChI is InChI=1S/C26H37ClN6O5/c1-24(2,3)38-23(34)31-11-8-26(9-12-31)7-6-10-32(26)13-16-18-19(37-25(4,5)36-18)22(35-16)33-15-30-17-20(27)28-14-29-21(17)33/h14-16,18-19,22H,6-13H2,1-5H3/t16?,18-,19-,22-/m1/s1. The van der Waals surface area contributed by atoms with Gasteiger partial charge >= 0.3 is 6.09 Å². The first-order chi connectivity index (χ1) is 17.9. The highest BCUT2D eigenvalue weighted by atomic mass is 35.5. The van der Waals surface area contributed by atoms with Gasteiger partial charge in [0.25, 0.3) is 0 Å². The summed E-state index contributed by atoms with van der Waals surface area (Å²) in [5.41, 5.74) is 0.696. The Bertz CT molecular complexity index is 1210. The normalized spacial score (nSPS) is 30.8. The SMILES string of the molecule is CC(C)(C)OC(=O)N1CCC2(CCCN2CC2O[C@@H](n3cnc4c(Cl)ncnc43)[C@@H]3OC(C)(C)O[C@H]23)CC1. The van der Waals surface area contributed by atoms with E-state index in [9.17, 15) is 4.79 Å². The van der Waals surface area contributed by atoms with E-state index in [0.29, 0.717) is 29.4 Å². The number of nitrogens with zero attached hydrogens (tertiary/aromatic N) is 6. The molecule has 0 radical (unpaired) electrons. The zero-order valence-corrected chi connectivity index (χ0v) is 23.5. The third-order valence-electron chi connectivity index (χ3n) is 8.20. The molecule has 1 amide bonds. The van der Waals surface area contributed by atoms with E-state index in [-0.39, 0.29) is 29.9 Å². The molecule has 0 N–H and O–H groups in total. The average molecular weight is 549 g/mol. The number of likely N-dealkylation sites (tertiary alicyclic amines) is 2. The van der Waals surface area contributed by atoms with Crippen molar-refractivity contribution in [3.8, 4) is 0 Å². The van der Waals surface area contributed by atoms with Crippen molar-refractivity contribution in [1.82, 2.24) is 29.3 Å². The number of aromatic nitrogens is 4. The minimum atomic E-state index is -0.722. The van der Waals surface area contributed by atoms with E-state index in [0.717, 1.165) is 38.8 Å². The van der Waals surface area contributed by atoms with Gasteiger partial charge in [-0.3, -0.25) is 9.47 Å². The fourth-order valence-corrected chi connectivity index (χ4v) is 6.71. The summed E-state index contributed by atoms with van der Waals surface area (Å²) in [5.74, 6) is -0.722. The lowest BCUT2D eigenvalue weighted by Crippen LogP contribution is -2.56. The molecule has 38 heavy (non-hydrogen) atoms. The Morgan fingerprint density at radius 2 is 1.84 bits per heavy atom. The van der Waals surface area contributed by atoms with Gasteiger partial charge in [-0.15, -0.1) is 0 Å². The molecule has 11 nitrogen and oxygen atoms in total. The van der Waals surface area contributed by atoms with Crippen molar-refractivity contribution >= 4 is 28.9 Å². The van der Waals surface area contributed by atoms with Crippen LogP contribution in [0.15, 0.2) is 12.7 Å². The smallest absolute Gasteiger partial charge is 0.410 e. The molecule has 0 saturated carbocycles. The molecule has 6 rings (SSSR count). The van der Waals surface area contributed by atoms with Crippen LogP contribution in [0, 0.1) is 0 Å². The van der Waals surface area contributed by atoms with Gasteiger partial charge in [-0.25, -0.2) is 19.7 Å². The number of rotatable bonds is 3. The molecular weight excluding hydrogens is 512 g/mol. The molecule has 208 valence electrons. The maximum absolute atomic E-state index is 12.6. The maximum atomic E-state index is 12.6. The zero-order chi connectivity index (χ0) is 26.9. The lowest BCUT2D eigenvalue weighted by Gasteiger charge is -2.46. The summed E-state index contributed by atoms with van der Waals surface area (Å²) < 4.78 is 26.9. The van der Waals surface area contributed by atoms with Crippen LogP contribution in [-0.2, 0) is 18.9 Å². The zero-order valence-electron chi connectivity index (χ0n) is 22.7. The number of carbonyl (C=O) groups is 1. The molecule has 6 heterocycles. The molecule has 4 aliphatic rings. The molecule has 1 spiro atoms. The highest BCUT2D eigenvalue weighted by Crippen LogP contribution is 2.46. The first-order valence-electron chi connectivity index (χ1n) is 13.5. The molecule has 0 bridgehead atoms. The van der Waals surface area contributed by atoms with E-state index in [4.69, 9.17) is 30.5 Å². The van der Waals surface area contributed by atoms with Gasteiger partial charge < -0.3 is 23.8 Å². The lowest BCUT2D eigenvalue weighted by molar-refractivity contribution is -0.199. The molecule has 0 aliphatic carbocycles. The number of carbonyl (C=O) groups excluding carboxylic acids is 1.